The normalized spacial score (nSPS) is 15.8. The summed E-state index contributed by atoms with van der Waals surface area (Å²) in [5, 5.41) is 3.59. The molecule has 1 atom stereocenters. The maximum absolute atomic E-state index is 12.2. The highest BCUT2D eigenvalue weighted by molar-refractivity contribution is 6.45. The van der Waals surface area contributed by atoms with Crippen molar-refractivity contribution in [2.24, 2.45) is 0 Å². The number of carbonyl (C=O) groups excluding carboxylic acids is 4. The van der Waals surface area contributed by atoms with Gasteiger partial charge in [-0.3, -0.25) is 19.3 Å². The van der Waals surface area contributed by atoms with Gasteiger partial charge in [0.1, 0.15) is 17.9 Å². The molecule has 0 unspecified atom stereocenters. The van der Waals surface area contributed by atoms with Crippen molar-refractivity contribution in [2.45, 2.75) is 26.3 Å². The van der Waals surface area contributed by atoms with Crippen LogP contribution in [0.15, 0.2) is 34.7 Å². The minimum Gasteiger partial charge on any atom is -0.459 e. The zero-order valence-electron chi connectivity index (χ0n) is 14.5. The molecule has 8 heteroatoms. The molecule has 2 heterocycles. The third-order valence-electron chi connectivity index (χ3n) is 4.13. The molecule has 5 amide bonds. The number of amides is 5. The average molecular weight is 357 g/mol. The molecule has 0 radical (unpaired) electrons. The standard InChI is InChI=1S/C18H19N3O5/c1-3-8-20-16(23)17(24)21(18(20)25)10-15(22)19-11(2)14-9-12-6-4-5-7-13(12)26-14/h4-7,9,11H,3,8,10H2,1-2H3,(H,19,22)/t11-/m0/s1. The number of carbonyl (C=O) groups is 4. The third-order valence-corrected chi connectivity index (χ3v) is 4.13. The summed E-state index contributed by atoms with van der Waals surface area (Å²) in [6.07, 6.45) is 0.536. The van der Waals surface area contributed by atoms with Crippen LogP contribution in [0, 0.1) is 0 Å². The molecule has 1 aliphatic heterocycles. The Labute approximate surface area is 149 Å². The Bertz CT molecular complexity index is 855. The number of urea groups is 1. The molecule has 3 rings (SSSR count). The number of benzene rings is 1. The first-order valence-electron chi connectivity index (χ1n) is 8.37. The molecule has 0 bridgehead atoms. The molecule has 0 spiro atoms. The largest absolute Gasteiger partial charge is 0.459 e. The number of nitrogens with one attached hydrogen (secondary N) is 1. The molecule has 1 N–H and O–H groups in total. The van der Waals surface area contributed by atoms with Crippen molar-refractivity contribution >= 4 is 34.7 Å². The van der Waals surface area contributed by atoms with Crippen molar-refractivity contribution in [1.29, 1.82) is 0 Å². The van der Waals surface area contributed by atoms with Crippen LogP contribution in [-0.2, 0) is 14.4 Å². The van der Waals surface area contributed by atoms with Crippen molar-refractivity contribution < 1.29 is 23.6 Å². The summed E-state index contributed by atoms with van der Waals surface area (Å²) in [5.74, 6) is -1.86. The quantitative estimate of drug-likeness (QED) is 0.628. The van der Waals surface area contributed by atoms with E-state index in [1.807, 2.05) is 30.3 Å². The molecule has 0 aliphatic carbocycles. The van der Waals surface area contributed by atoms with E-state index < -0.39 is 36.3 Å². The van der Waals surface area contributed by atoms with Crippen molar-refractivity contribution in [2.75, 3.05) is 13.1 Å². The Morgan fingerprint density at radius 2 is 1.85 bits per heavy atom. The summed E-state index contributed by atoms with van der Waals surface area (Å²) in [6.45, 7) is 3.16. The number of furan rings is 1. The molecule has 0 saturated carbocycles. The lowest BCUT2D eigenvalue weighted by atomic mass is 10.2. The van der Waals surface area contributed by atoms with Crippen LogP contribution in [0.3, 0.4) is 0 Å². The average Bonchev–Trinajstić information content (AvgIpc) is 3.13. The molecule has 136 valence electrons. The molecule has 1 aliphatic rings. The van der Waals surface area contributed by atoms with Gasteiger partial charge in [0.2, 0.25) is 5.91 Å². The van der Waals surface area contributed by atoms with Gasteiger partial charge in [-0.2, -0.15) is 0 Å². The number of rotatable bonds is 6. The van der Waals surface area contributed by atoms with Crippen LogP contribution in [0.4, 0.5) is 4.79 Å². The zero-order chi connectivity index (χ0) is 18.8. The van der Waals surface area contributed by atoms with Crippen LogP contribution < -0.4 is 5.32 Å². The minimum absolute atomic E-state index is 0.150. The summed E-state index contributed by atoms with van der Waals surface area (Å²) >= 11 is 0. The van der Waals surface area contributed by atoms with Gasteiger partial charge in [0.15, 0.2) is 0 Å². The SMILES string of the molecule is CCCN1C(=O)C(=O)N(CC(=O)N[C@@H](C)c2cc3ccccc3o2)C1=O. The van der Waals surface area contributed by atoms with Gasteiger partial charge >= 0.3 is 17.8 Å². The van der Waals surface area contributed by atoms with Crippen molar-refractivity contribution in [3.05, 3.63) is 36.1 Å². The summed E-state index contributed by atoms with van der Waals surface area (Å²) in [5.41, 5.74) is 0.703. The Morgan fingerprint density at radius 3 is 2.54 bits per heavy atom. The summed E-state index contributed by atoms with van der Waals surface area (Å²) in [6, 6.07) is 8.06. The lowest BCUT2D eigenvalue weighted by Crippen LogP contribution is -2.42. The fourth-order valence-electron chi connectivity index (χ4n) is 2.83. The molecule has 8 nitrogen and oxygen atoms in total. The molecule has 26 heavy (non-hydrogen) atoms. The van der Waals surface area contributed by atoms with Crippen LogP contribution in [0.5, 0.6) is 0 Å². The smallest absolute Gasteiger partial charge is 0.334 e. The fraction of sp³-hybridized carbons (Fsp3) is 0.333. The first kappa shape index (κ1) is 17.7. The highest BCUT2D eigenvalue weighted by atomic mass is 16.3. The Kier molecular flexibility index (Phi) is 4.75. The maximum atomic E-state index is 12.2. The van der Waals surface area contributed by atoms with E-state index >= 15 is 0 Å². The lowest BCUT2D eigenvalue weighted by molar-refractivity contribution is -0.144. The van der Waals surface area contributed by atoms with E-state index in [1.54, 1.807) is 13.8 Å². The van der Waals surface area contributed by atoms with Gasteiger partial charge in [0.05, 0.1) is 6.04 Å². The van der Waals surface area contributed by atoms with E-state index in [1.165, 1.54) is 0 Å². The van der Waals surface area contributed by atoms with Gasteiger partial charge in [0.25, 0.3) is 0 Å². The topological polar surface area (TPSA) is 99.9 Å². The maximum Gasteiger partial charge on any atom is 0.334 e. The minimum atomic E-state index is -0.977. The molecular formula is C18H19N3O5. The summed E-state index contributed by atoms with van der Waals surface area (Å²) in [4.78, 5) is 49.6. The van der Waals surface area contributed by atoms with Crippen LogP contribution in [0.25, 0.3) is 11.0 Å². The van der Waals surface area contributed by atoms with Crippen LogP contribution >= 0.6 is 0 Å². The van der Waals surface area contributed by atoms with Crippen molar-refractivity contribution in [1.82, 2.24) is 15.1 Å². The first-order valence-corrected chi connectivity index (χ1v) is 8.37. The lowest BCUT2D eigenvalue weighted by Gasteiger charge is -2.16. The Morgan fingerprint density at radius 1 is 1.15 bits per heavy atom. The van der Waals surface area contributed by atoms with Crippen LogP contribution in [0.2, 0.25) is 0 Å². The molecule has 1 aromatic carbocycles. The second-order valence-electron chi connectivity index (χ2n) is 6.11. The predicted molar refractivity (Wildman–Crippen MR) is 91.9 cm³/mol. The second kappa shape index (κ2) is 6.99. The highest BCUT2D eigenvalue weighted by Gasteiger charge is 2.44. The molecule has 2 aromatic rings. The third kappa shape index (κ3) is 3.17. The fourth-order valence-corrected chi connectivity index (χ4v) is 2.83. The van der Waals surface area contributed by atoms with E-state index in [4.69, 9.17) is 4.42 Å². The van der Waals surface area contributed by atoms with Crippen LogP contribution in [0.1, 0.15) is 32.1 Å². The second-order valence-corrected chi connectivity index (χ2v) is 6.11. The number of para-hydroxylation sites is 1. The summed E-state index contributed by atoms with van der Waals surface area (Å²) < 4.78 is 5.68. The molecule has 1 fully saturated rings. The van der Waals surface area contributed by atoms with E-state index in [9.17, 15) is 19.2 Å². The van der Waals surface area contributed by atoms with Gasteiger partial charge in [-0.15, -0.1) is 0 Å². The number of hydrogen-bond acceptors (Lipinski definition) is 5. The van der Waals surface area contributed by atoms with E-state index in [2.05, 4.69) is 5.32 Å². The zero-order valence-corrected chi connectivity index (χ0v) is 14.5. The number of fused-ring (bicyclic) bond motifs is 1. The van der Waals surface area contributed by atoms with E-state index in [-0.39, 0.29) is 6.54 Å². The van der Waals surface area contributed by atoms with Gasteiger partial charge < -0.3 is 9.73 Å². The van der Waals surface area contributed by atoms with Gasteiger partial charge in [-0.1, -0.05) is 25.1 Å². The molecule has 1 aromatic heterocycles. The Hall–Kier alpha value is -3.16. The number of nitrogens with zero attached hydrogens (tertiary/aromatic N) is 2. The van der Waals surface area contributed by atoms with Gasteiger partial charge in [-0.25, -0.2) is 9.69 Å². The van der Waals surface area contributed by atoms with E-state index in [0.29, 0.717) is 22.7 Å². The molecular weight excluding hydrogens is 338 g/mol. The van der Waals surface area contributed by atoms with Crippen molar-refractivity contribution in [3.8, 4) is 0 Å². The van der Waals surface area contributed by atoms with Gasteiger partial charge in [0, 0.05) is 11.9 Å². The molecule has 1 saturated heterocycles. The van der Waals surface area contributed by atoms with Crippen LogP contribution in [-0.4, -0.2) is 46.6 Å². The first-order chi connectivity index (χ1) is 12.4. The van der Waals surface area contributed by atoms with E-state index in [0.717, 1.165) is 10.3 Å². The highest BCUT2D eigenvalue weighted by Crippen LogP contribution is 2.23. The predicted octanol–water partition coefficient (Wildman–Crippen LogP) is 1.81. The number of imide groups is 2. The van der Waals surface area contributed by atoms with Gasteiger partial charge in [-0.05, 0) is 25.5 Å². The monoisotopic (exact) mass is 357 g/mol. The van der Waals surface area contributed by atoms with Crippen molar-refractivity contribution in [3.63, 3.8) is 0 Å². The Balaban J connectivity index is 1.65. The summed E-state index contributed by atoms with van der Waals surface area (Å²) in [7, 11) is 0. The number of hydrogen-bond donors (Lipinski definition) is 1.